The standard InChI is InChI=1S/C37H42ClN3O5S/c1-5-46-35-18-12-11-17-33(35)41(47(44,45)32-21-19-31(38)20-22-32)26-36(42)40(25-30-16-10-9-13-28(30)4)34(37(43)39-24-27(2)3)23-29-14-7-6-8-15-29/h6-22,27,34H,5,23-26H2,1-4H3,(H,39,43)/t34-/m1/s1. The highest BCUT2D eigenvalue weighted by atomic mass is 35.5. The lowest BCUT2D eigenvalue weighted by atomic mass is 10.0. The van der Waals surface area contributed by atoms with Crippen molar-refractivity contribution >= 4 is 39.1 Å². The number of aryl methyl sites for hydroxylation is 1. The lowest BCUT2D eigenvalue weighted by molar-refractivity contribution is -0.140. The average molecular weight is 676 g/mol. The van der Waals surface area contributed by atoms with Crippen LogP contribution in [0.1, 0.15) is 37.5 Å². The molecule has 47 heavy (non-hydrogen) atoms. The summed E-state index contributed by atoms with van der Waals surface area (Å²) in [7, 11) is -4.30. The SMILES string of the molecule is CCOc1ccccc1N(CC(=O)N(Cc1ccccc1C)[C@H](Cc1ccccc1)C(=O)NCC(C)C)S(=O)(=O)c1ccc(Cl)cc1. The van der Waals surface area contributed by atoms with Crippen LogP contribution in [0.2, 0.25) is 5.02 Å². The van der Waals surface area contributed by atoms with Gasteiger partial charge in [-0.25, -0.2) is 8.42 Å². The van der Waals surface area contributed by atoms with E-state index in [1.165, 1.54) is 29.2 Å². The number of rotatable bonds is 15. The van der Waals surface area contributed by atoms with Gasteiger partial charge < -0.3 is 15.0 Å². The van der Waals surface area contributed by atoms with E-state index < -0.39 is 28.5 Å². The van der Waals surface area contributed by atoms with E-state index in [9.17, 15) is 18.0 Å². The molecule has 0 saturated heterocycles. The van der Waals surface area contributed by atoms with Crippen LogP contribution in [0.3, 0.4) is 0 Å². The fraction of sp³-hybridized carbons (Fsp3) is 0.297. The summed E-state index contributed by atoms with van der Waals surface area (Å²) >= 11 is 6.09. The molecule has 0 unspecified atom stereocenters. The van der Waals surface area contributed by atoms with Crippen LogP contribution in [0.15, 0.2) is 108 Å². The minimum atomic E-state index is -4.30. The van der Waals surface area contributed by atoms with Crippen molar-refractivity contribution in [2.75, 3.05) is 24.0 Å². The molecule has 4 aromatic rings. The number of hydrogen-bond acceptors (Lipinski definition) is 5. The van der Waals surface area contributed by atoms with Crippen molar-refractivity contribution in [2.24, 2.45) is 5.92 Å². The zero-order chi connectivity index (χ0) is 34.0. The molecule has 0 saturated carbocycles. The van der Waals surface area contributed by atoms with Gasteiger partial charge in [-0.1, -0.05) is 92.2 Å². The van der Waals surface area contributed by atoms with Gasteiger partial charge in [-0.15, -0.1) is 0 Å². The molecule has 0 aliphatic carbocycles. The summed E-state index contributed by atoms with van der Waals surface area (Å²) in [5, 5.41) is 3.39. The van der Waals surface area contributed by atoms with Crippen molar-refractivity contribution in [3.63, 3.8) is 0 Å². The topological polar surface area (TPSA) is 96.0 Å². The molecule has 1 atom stereocenters. The minimum Gasteiger partial charge on any atom is -0.492 e. The average Bonchev–Trinajstić information content (AvgIpc) is 3.06. The van der Waals surface area contributed by atoms with Crippen LogP contribution in [0.25, 0.3) is 0 Å². The molecule has 10 heteroatoms. The van der Waals surface area contributed by atoms with Gasteiger partial charge in [-0.3, -0.25) is 13.9 Å². The van der Waals surface area contributed by atoms with Crippen LogP contribution < -0.4 is 14.4 Å². The molecule has 0 aliphatic heterocycles. The summed E-state index contributed by atoms with van der Waals surface area (Å²) in [4.78, 5) is 30.1. The molecule has 4 aromatic carbocycles. The molecule has 0 aromatic heterocycles. The summed E-state index contributed by atoms with van der Waals surface area (Å²) in [6, 6.07) is 28.7. The Bertz CT molecular complexity index is 1750. The van der Waals surface area contributed by atoms with Crippen LogP contribution in [-0.4, -0.2) is 50.9 Å². The van der Waals surface area contributed by atoms with E-state index in [-0.39, 0.29) is 42.0 Å². The van der Waals surface area contributed by atoms with Gasteiger partial charge in [0.2, 0.25) is 11.8 Å². The largest absolute Gasteiger partial charge is 0.492 e. The highest BCUT2D eigenvalue weighted by Crippen LogP contribution is 2.33. The van der Waals surface area contributed by atoms with E-state index in [1.807, 2.05) is 75.4 Å². The van der Waals surface area contributed by atoms with Gasteiger partial charge >= 0.3 is 0 Å². The van der Waals surface area contributed by atoms with E-state index in [0.29, 0.717) is 17.3 Å². The first-order chi connectivity index (χ1) is 22.5. The Hall–Kier alpha value is -4.34. The molecule has 0 heterocycles. The van der Waals surface area contributed by atoms with Gasteiger partial charge in [-0.2, -0.15) is 0 Å². The number of ether oxygens (including phenoxy) is 1. The lowest BCUT2D eigenvalue weighted by Gasteiger charge is -2.34. The quantitative estimate of drug-likeness (QED) is 0.152. The minimum absolute atomic E-state index is 0.0398. The van der Waals surface area contributed by atoms with Crippen LogP contribution in [0.4, 0.5) is 5.69 Å². The molecule has 0 radical (unpaired) electrons. The van der Waals surface area contributed by atoms with E-state index in [1.54, 1.807) is 31.2 Å². The Kier molecular flexibility index (Phi) is 12.4. The van der Waals surface area contributed by atoms with Gasteiger partial charge in [0.25, 0.3) is 10.0 Å². The third-order valence-electron chi connectivity index (χ3n) is 7.67. The zero-order valence-electron chi connectivity index (χ0n) is 27.2. The molecule has 248 valence electrons. The Morgan fingerprint density at radius 3 is 2.17 bits per heavy atom. The van der Waals surface area contributed by atoms with Crippen molar-refractivity contribution in [2.45, 2.75) is 51.6 Å². The van der Waals surface area contributed by atoms with E-state index >= 15 is 0 Å². The van der Waals surface area contributed by atoms with Crippen LogP contribution in [-0.2, 0) is 32.6 Å². The summed E-state index contributed by atoms with van der Waals surface area (Å²) in [5.41, 5.74) is 2.86. The van der Waals surface area contributed by atoms with Crippen molar-refractivity contribution in [1.82, 2.24) is 10.2 Å². The maximum Gasteiger partial charge on any atom is 0.264 e. The number of sulfonamides is 1. The number of carbonyl (C=O) groups excluding carboxylic acids is 2. The predicted molar refractivity (Wildman–Crippen MR) is 187 cm³/mol. The van der Waals surface area contributed by atoms with E-state index in [2.05, 4.69) is 5.32 Å². The van der Waals surface area contributed by atoms with Crippen LogP contribution in [0.5, 0.6) is 5.75 Å². The number of nitrogens with one attached hydrogen (secondary N) is 1. The van der Waals surface area contributed by atoms with E-state index in [4.69, 9.17) is 16.3 Å². The van der Waals surface area contributed by atoms with E-state index in [0.717, 1.165) is 21.0 Å². The molecule has 2 amide bonds. The molecule has 1 N–H and O–H groups in total. The number of anilines is 1. The second-order valence-electron chi connectivity index (χ2n) is 11.7. The number of benzene rings is 4. The van der Waals surface area contributed by atoms with Gasteiger partial charge in [0.15, 0.2) is 0 Å². The molecular formula is C37H42ClN3O5S. The summed E-state index contributed by atoms with van der Waals surface area (Å²) < 4.78 is 35.5. The maximum absolute atomic E-state index is 14.7. The van der Waals surface area contributed by atoms with Crippen molar-refractivity contribution in [1.29, 1.82) is 0 Å². The number of halogens is 1. The third kappa shape index (κ3) is 9.36. The summed E-state index contributed by atoms with van der Waals surface area (Å²) in [5.74, 6) is -0.364. The molecule has 0 aliphatic rings. The number of hydrogen-bond donors (Lipinski definition) is 1. The maximum atomic E-state index is 14.7. The number of nitrogens with zero attached hydrogens (tertiary/aromatic N) is 2. The monoisotopic (exact) mass is 675 g/mol. The first kappa shape index (κ1) is 35.5. The molecule has 0 fully saturated rings. The van der Waals surface area contributed by atoms with Gasteiger partial charge in [0.1, 0.15) is 18.3 Å². The Morgan fingerprint density at radius 1 is 0.872 bits per heavy atom. The normalized spacial score (nSPS) is 12.0. The Morgan fingerprint density at radius 2 is 1.51 bits per heavy atom. The molecule has 8 nitrogen and oxygen atoms in total. The second kappa shape index (κ2) is 16.5. The van der Waals surface area contributed by atoms with Crippen molar-refractivity contribution in [3.05, 3.63) is 125 Å². The van der Waals surface area contributed by atoms with Crippen LogP contribution in [0, 0.1) is 12.8 Å². The number of amides is 2. The molecule has 4 rings (SSSR count). The highest BCUT2D eigenvalue weighted by molar-refractivity contribution is 7.92. The smallest absolute Gasteiger partial charge is 0.264 e. The predicted octanol–water partition coefficient (Wildman–Crippen LogP) is 6.65. The lowest BCUT2D eigenvalue weighted by Crippen LogP contribution is -2.53. The van der Waals surface area contributed by atoms with Crippen molar-refractivity contribution in [3.8, 4) is 5.75 Å². The summed E-state index contributed by atoms with van der Waals surface area (Å²) in [6.07, 6.45) is 0.238. The van der Waals surface area contributed by atoms with Gasteiger partial charge in [0, 0.05) is 24.5 Å². The highest BCUT2D eigenvalue weighted by Gasteiger charge is 2.35. The number of carbonyl (C=O) groups is 2. The Balaban J connectivity index is 1.84. The van der Waals surface area contributed by atoms with Crippen molar-refractivity contribution < 1.29 is 22.7 Å². The first-order valence-corrected chi connectivity index (χ1v) is 17.5. The molecule has 0 spiro atoms. The fourth-order valence-electron chi connectivity index (χ4n) is 5.14. The third-order valence-corrected chi connectivity index (χ3v) is 9.70. The van der Waals surface area contributed by atoms with Crippen LogP contribution >= 0.6 is 11.6 Å². The number of para-hydroxylation sites is 2. The fourth-order valence-corrected chi connectivity index (χ4v) is 6.69. The Labute approximate surface area is 283 Å². The van der Waals surface area contributed by atoms with Gasteiger partial charge in [0.05, 0.1) is 17.2 Å². The molecular weight excluding hydrogens is 634 g/mol. The van der Waals surface area contributed by atoms with Gasteiger partial charge in [-0.05, 0) is 72.9 Å². The second-order valence-corrected chi connectivity index (χ2v) is 14.0. The first-order valence-electron chi connectivity index (χ1n) is 15.7. The zero-order valence-corrected chi connectivity index (χ0v) is 28.8. The summed E-state index contributed by atoms with van der Waals surface area (Å²) in [6.45, 7) is 7.97. The molecule has 0 bridgehead atoms.